The Kier molecular flexibility index (Phi) is 7.35. The van der Waals surface area contributed by atoms with Crippen molar-refractivity contribution in [3.05, 3.63) is 64.7 Å². The van der Waals surface area contributed by atoms with Crippen LogP contribution >= 0.6 is 12.2 Å². The molecular formula is C21H26F2N2O2S2. The number of hydrogen-bond acceptors (Lipinski definition) is 3. The van der Waals surface area contributed by atoms with Crippen LogP contribution in [-0.2, 0) is 28.4 Å². The summed E-state index contributed by atoms with van der Waals surface area (Å²) in [6.07, 6.45) is 2.20. The Morgan fingerprint density at radius 1 is 1.03 bits per heavy atom. The minimum Gasteiger partial charge on any atom is -0.376 e. The van der Waals surface area contributed by atoms with E-state index in [1.165, 1.54) is 5.56 Å². The van der Waals surface area contributed by atoms with Gasteiger partial charge in [-0.25, -0.2) is 17.2 Å². The van der Waals surface area contributed by atoms with Gasteiger partial charge in [0, 0.05) is 13.0 Å². The Morgan fingerprint density at radius 2 is 1.59 bits per heavy atom. The summed E-state index contributed by atoms with van der Waals surface area (Å²) >= 11 is 5.31. The predicted molar refractivity (Wildman–Crippen MR) is 118 cm³/mol. The number of nitrogens with one attached hydrogen (secondary N) is 2. The first-order chi connectivity index (χ1) is 13.3. The van der Waals surface area contributed by atoms with Gasteiger partial charge < -0.3 is 5.32 Å². The molecule has 0 fully saturated rings. The molecule has 0 unspecified atom stereocenters. The molecule has 2 N–H and O–H groups in total. The van der Waals surface area contributed by atoms with E-state index in [0.717, 1.165) is 30.4 Å². The Balaban J connectivity index is 1.91. The molecule has 0 heterocycles. The van der Waals surface area contributed by atoms with Gasteiger partial charge in [0.2, 0.25) is 10.0 Å². The van der Waals surface area contributed by atoms with Crippen LogP contribution in [0.15, 0.2) is 36.4 Å². The zero-order chi connectivity index (χ0) is 21.8. The molecule has 0 bridgehead atoms. The van der Waals surface area contributed by atoms with Crippen molar-refractivity contribution in [2.24, 2.45) is 0 Å². The van der Waals surface area contributed by atoms with E-state index in [0.29, 0.717) is 17.0 Å². The summed E-state index contributed by atoms with van der Waals surface area (Å²) in [5.74, 6) is -1.95. The van der Waals surface area contributed by atoms with Gasteiger partial charge in [-0.2, -0.15) is 0 Å². The predicted octanol–water partition coefficient (Wildman–Crippen LogP) is 4.68. The highest BCUT2D eigenvalue weighted by molar-refractivity contribution is 7.92. The van der Waals surface area contributed by atoms with Gasteiger partial charge in [0.15, 0.2) is 11.6 Å². The van der Waals surface area contributed by atoms with E-state index in [2.05, 4.69) is 50.4 Å². The largest absolute Gasteiger partial charge is 0.376 e. The molecule has 29 heavy (non-hydrogen) atoms. The molecule has 0 radical (unpaired) electrons. The molecule has 8 heteroatoms. The minimum atomic E-state index is -3.77. The maximum absolute atomic E-state index is 14.0. The Labute approximate surface area is 176 Å². The summed E-state index contributed by atoms with van der Waals surface area (Å²) in [4.78, 5) is 0.587. The molecule has 0 spiro atoms. The first-order valence-corrected chi connectivity index (χ1v) is 11.5. The van der Waals surface area contributed by atoms with Gasteiger partial charge in [0.25, 0.3) is 0 Å². The Bertz CT molecular complexity index is 960. The fourth-order valence-electron chi connectivity index (χ4n) is 2.73. The second-order valence-electron chi connectivity index (χ2n) is 8.03. The van der Waals surface area contributed by atoms with Crippen molar-refractivity contribution in [1.29, 1.82) is 0 Å². The highest BCUT2D eigenvalue weighted by atomic mass is 32.2. The fourth-order valence-corrected chi connectivity index (χ4v) is 3.47. The molecular weight excluding hydrogens is 414 g/mol. The van der Waals surface area contributed by atoms with Gasteiger partial charge in [-0.05, 0) is 40.7 Å². The summed E-state index contributed by atoms with van der Waals surface area (Å²) in [6.45, 7) is 6.64. The van der Waals surface area contributed by atoms with Crippen LogP contribution in [0.5, 0.6) is 0 Å². The van der Waals surface area contributed by atoms with Crippen LogP contribution in [0.4, 0.5) is 14.5 Å². The maximum atomic E-state index is 14.0. The van der Waals surface area contributed by atoms with Crippen LogP contribution in [0.2, 0.25) is 0 Å². The zero-order valence-corrected chi connectivity index (χ0v) is 18.6. The van der Waals surface area contributed by atoms with Crippen molar-refractivity contribution in [2.75, 3.05) is 11.0 Å². The third-order valence-corrected chi connectivity index (χ3v) is 5.26. The highest BCUT2D eigenvalue weighted by Gasteiger charge is 2.15. The lowest BCUT2D eigenvalue weighted by molar-refractivity contribution is 0.581. The van der Waals surface area contributed by atoms with E-state index in [-0.39, 0.29) is 12.0 Å². The molecule has 0 aliphatic rings. The van der Waals surface area contributed by atoms with Gasteiger partial charge in [-0.15, -0.1) is 0 Å². The SMILES string of the molecule is CC(C)(C)c1ccc(CCC(=S)NCc2cc(F)c(NS(C)(=O)=O)c(F)c2)cc1. The van der Waals surface area contributed by atoms with Crippen LogP contribution in [0.25, 0.3) is 0 Å². The van der Waals surface area contributed by atoms with E-state index in [1.54, 1.807) is 0 Å². The third kappa shape index (κ3) is 7.36. The Hall–Kier alpha value is -2.06. The maximum Gasteiger partial charge on any atom is 0.230 e. The summed E-state index contributed by atoms with van der Waals surface area (Å²) in [5.41, 5.74) is 2.18. The van der Waals surface area contributed by atoms with Crippen LogP contribution < -0.4 is 10.0 Å². The molecule has 0 aliphatic carbocycles. The topological polar surface area (TPSA) is 58.2 Å². The molecule has 2 rings (SSSR count). The van der Waals surface area contributed by atoms with E-state index in [1.807, 2.05) is 4.72 Å². The number of rotatable bonds is 7. The van der Waals surface area contributed by atoms with Crippen molar-refractivity contribution in [1.82, 2.24) is 5.32 Å². The normalized spacial score (nSPS) is 11.9. The molecule has 158 valence electrons. The highest BCUT2D eigenvalue weighted by Crippen LogP contribution is 2.23. The van der Waals surface area contributed by atoms with E-state index in [9.17, 15) is 17.2 Å². The number of halogens is 2. The van der Waals surface area contributed by atoms with Crippen LogP contribution in [0.3, 0.4) is 0 Å². The van der Waals surface area contributed by atoms with Crippen molar-refractivity contribution >= 4 is 32.9 Å². The van der Waals surface area contributed by atoms with E-state index in [4.69, 9.17) is 12.2 Å². The van der Waals surface area contributed by atoms with E-state index < -0.39 is 27.3 Å². The number of aryl methyl sites for hydroxylation is 1. The molecule has 0 aliphatic heterocycles. The number of benzene rings is 2. The molecule has 4 nitrogen and oxygen atoms in total. The average molecular weight is 441 g/mol. The second kappa shape index (κ2) is 9.17. The van der Waals surface area contributed by atoms with Gasteiger partial charge in [0.05, 0.1) is 11.2 Å². The van der Waals surface area contributed by atoms with Crippen LogP contribution in [0.1, 0.15) is 43.9 Å². The van der Waals surface area contributed by atoms with Crippen molar-refractivity contribution in [3.63, 3.8) is 0 Å². The standard InChI is InChI=1S/C21H26F2N2O2S2/c1-21(2,3)16-8-5-14(6-9-16)7-10-19(28)24-13-15-11-17(22)20(18(23)12-15)25-29(4,26)27/h5-6,8-9,11-12,25H,7,10,13H2,1-4H3,(H,24,28). The van der Waals surface area contributed by atoms with Crippen molar-refractivity contribution in [3.8, 4) is 0 Å². The molecule has 0 aromatic heterocycles. The van der Waals surface area contributed by atoms with Crippen LogP contribution in [-0.4, -0.2) is 19.7 Å². The number of hydrogen-bond donors (Lipinski definition) is 2. The number of anilines is 1. The molecule has 0 atom stereocenters. The summed E-state index contributed by atoms with van der Waals surface area (Å²) < 4.78 is 52.3. The number of thiocarbonyl (C=S) groups is 1. The Morgan fingerprint density at radius 3 is 2.07 bits per heavy atom. The van der Waals surface area contributed by atoms with Gasteiger partial charge >= 0.3 is 0 Å². The number of sulfonamides is 1. The summed E-state index contributed by atoms with van der Waals surface area (Å²) in [5, 5.41) is 2.99. The van der Waals surface area contributed by atoms with Gasteiger partial charge in [0.1, 0.15) is 5.69 Å². The quantitative estimate of drug-likeness (QED) is 0.614. The smallest absolute Gasteiger partial charge is 0.230 e. The first kappa shape index (κ1) is 23.2. The van der Waals surface area contributed by atoms with E-state index >= 15 is 0 Å². The van der Waals surface area contributed by atoms with Crippen LogP contribution in [0, 0.1) is 11.6 Å². The molecule has 0 amide bonds. The van der Waals surface area contributed by atoms with Gasteiger partial charge in [-0.3, -0.25) is 4.72 Å². The summed E-state index contributed by atoms with van der Waals surface area (Å²) in [6, 6.07) is 10.6. The molecule has 2 aromatic carbocycles. The third-order valence-electron chi connectivity index (χ3n) is 4.34. The fraction of sp³-hybridized carbons (Fsp3) is 0.381. The summed E-state index contributed by atoms with van der Waals surface area (Å²) in [7, 11) is -3.77. The lowest BCUT2D eigenvalue weighted by Gasteiger charge is -2.19. The lowest BCUT2D eigenvalue weighted by atomic mass is 9.86. The van der Waals surface area contributed by atoms with Crippen molar-refractivity contribution < 1.29 is 17.2 Å². The molecule has 0 saturated carbocycles. The monoisotopic (exact) mass is 440 g/mol. The van der Waals surface area contributed by atoms with Crippen molar-refractivity contribution in [2.45, 2.75) is 45.6 Å². The first-order valence-electron chi connectivity index (χ1n) is 9.17. The zero-order valence-electron chi connectivity index (χ0n) is 17.0. The second-order valence-corrected chi connectivity index (χ2v) is 10.3. The van der Waals surface area contributed by atoms with Gasteiger partial charge in [-0.1, -0.05) is 57.3 Å². The molecule has 0 saturated heterocycles. The molecule has 2 aromatic rings. The lowest BCUT2D eigenvalue weighted by Crippen LogP contribution is -2.21. The minimum absolute atomic E-state index is 0.103. The average Bonchev–Trinajstić information content (AvgIpc) is 2.60.